The summed E-state index contributed by atoms with van der Waals surface area (Å²) in [5.41, 5.74) is 2.57. The molecule has 0 radical (unpaired) electrons. The number of sulfonamides is 1. The Labute approximate surface area is 136 Å². The molecule has 1 fully saturated rings. The van der Waals surface area contributed by atoms with Crippen LogP contribution < -0.4 is 4.72 Å². The molecule has 0 heterocycles. The van der Waals surface area contributed by atoms with E-state index in [0.717, 1.165) is 29.5 Å². The summed E-state index contributed by atoms with van der Waals surface area (Å²) < 4.78 is 40.9. The van der Waals surface area contributed by atoms with Crippen LogP contribution in [0, 0.1) is 19.7 Å². The van der Waals surface area contributed by atoms with Crippen LogP contribution in [-0.4, -0.2) is 15.0 Å². The Morgan fingerprint density at radius 3 is 2.30 bits per heavy atom. The number of nitrogens with one attached hydrogen (secondary N) is 1. The Morgan fingerprint density at radius 2 is 1.74 bits per heavy atom. The van der Waals surface area contributed by atoms with E-state index in [2.05, 4.69) is 4.72 Å². The number of rotatable bonds is 5. The summed E-state index contributed by atoms with van der Waals surface area (Å²) in [6, 6.07) is 11.6. The zero-order valence-electron chi connectivity index (χ0n) is 13.3. The highest BCUT2D eigenvalue weighted by Crippen LogP contribution is 2.47. The van der Waals surface area contributed by atoms with E-state index in [0.29, 0.717) is 11.4 Å². The SMILES string of the molecule is Cc1ccc(S(=O)(=O)NCC2(c3ccc(F)cc3)CC2)c(C)c1. The van der Waals surface area contributed by atoms with E-state index < -0.39 is 10.0 Å². The third-order valence-corrected chi connectivity index (χ3v) is 6.09. The van der Waals surface area contributed by atoms with Gasteiger partial charge in [0.25, 0.3) is 0 Å². The van der Waals surface area contributed by atoms with Gasteiger partial charge in [-0.1, -0.05) is 29.8 Å². The molecule has 3 nitrogen and oxygen atoms in total. The van der Waals surface area contributed by atoms with Gasteiger partial charge < -0.3 is 0 Å². The molecular weight excluding hydrogens is 313 g/mol. The first kappa shape index (κ1) is 16.1. The van der Waals surface area contributed by atoms with Crippen molar-refractivity contribution < 1.29 is 12.8 Å². The van der Waals surface area contributed by atoms with Gasteiger partial charge in [-0.2, -0.15) is 0 Å². The normalized spacial score (nSPS) is 16.3. The van der Waals surface area contributed by atoms with Crippen LogP contribution in [0.25, 0.3) is 0 Å². The van der Waals surface area contributed by atoms with Crippen LogP contribution in [0.1, 0.15) is 29.5 Å². The van der Waals surface area contributed by atoms with Gasteiger partial charge in [0.1, 0.15) is 5.82 Å². The average molecular weight is 333 g/mol. The van der Waals surface area contributed by atoms with Gasteiger partial charge in [-0.25, -0.2) is 17.5 Å². The topological polar surface area (TPSA) is 46.2 Å². The van der Waals surface area contributed by atoms with Crippen molar-refractivity contribution in [1.82, 2.24) is 4.72 Å². The molecule has 5 heteroatoms. The minimum absolute atomic E-state index is 0.195. The Kier molecular flexibility index (Phi) is 4.02. The fourth-order valence-electron chi connectivity index (χ4n) is 2.93. The zero-order chi connectivity index (χ0) is 16.7. The monoisotopic (exact) mass is 333 g/mol. The molecule has 3 rings (SSSR count). The van der Waals surface area contributed by atoms with Crippen LogP contribution in [0.2, 0.25) is 0 Å². The van der Waals surface area contributed by atoms with E-state index in [9.17, 15) is 12.8 Å². The summed E-state index contributed by atoms with van der Waals surface area (Å²) in [7, 11) is -3.54. The molecule has 0 atom stereocenters. The van der Waals surface area contributed by atoms with E-state index in [-0.39, 0.29) is 11.2 Å². The second-order valence-electron chi connectivity index (χ2n) is 6.38. The van der Waals surface area contributed by atoms with Gasteiger partial charge in [0, 0.05) is 12.0 Å². The first-order valence-electron chi connectivity index (χ1n) is 7.65. The molecule has 2 aromatic rings. The maximum Gasteiger partial charge on any atom is 0.240 e. The highest BCUT2D eigenvalue weighted by atomic mass is 32.2. The Bertz CT molecular complexity index is 825. The lowest BCUT2D eigenvalue weighted by atomic mass is 9.96. The molecule has 0 saturated heterocycles. The molecule has 1 aliphatic rings. The third-order valence-electron chi connectivity index (χ3n) is 4.53. The smallest absolute Gasteiger partial charge is 0.210 e. The van der Waals surface area contributed by atoms with E-state index in [1.165, 1.54) is 12.1 Å². The Balaban J connectivity index is 1.78. The van der Waals surface area contributed by atoms with Crippen LogP contribution in [0.3, 0.4) is 0 Å². The molecule has 2 aromatic carbocycles. The molecule has 0 amide bonds. The van der Waals surface area contributed by atoms with Crippen molar-refractivity contribution in [2.24, 2.45) is 0 Å². The molecule has 23 heavy (non-hydrogen) atoms. The van der Waals surface area contributed by atoms with Crippen LogP contribution in [0.5, 0.6) is 0 Å². The van der Waals surface area contributed by atoms with Crippen LogP contribution in [0.15, 0.2) is 47.4 Å². The summed E-state index contributed by atoms with van der Waals surface area (Å²) in [5, 5.41) is 0. The molecule has 0 spiro atoms. The largest absolute Gasteiger partial charge is 0.240 e. The Morgan fingerprint density at radius 1 is 1.09 bits per heavy atom. The molecule has 122 valence electrons. The molecule has 0 unspecified atom stereocenters. The lowest BCUT2D eigenvalue weighted by Crippen LogP contribution is -2.32. The molecule has 1 saturated carbocycles. The second kappa shape index (κ2) is 5.73. The lowest BCUT2D eigenvalue weighted by Gasteiger charge is -2.17. The maximum atomic E-state index is 13.1. The summed E-state index contributed by atoms with van der Waals surface area (Å²) in [5.74, 6) is -0.277. The van der Waals surface area contributed by atoms with Crippen molar-refractivity contribution >= 4 is 10.0 Å². The predicted octanol–water partition coefficient (Wildman–Crippen LogP) is 3.45. The summed E-state index contributed by atoms with van der Waals surface area (Å²) in [6.45, 7) is 4.08. The van der Waals surface area contributed by atoms with Crippen LogP contribution >= 0.6 is 0 Å². The van der Waals surface area contributed by atoms with Gasteiger partial charge in [0.2, 0.25) is 10.0 Å². The number of aryl methyl sites for hydroxylation is 2. The van der Waals surface area contributed by atoms with Crippen molar-refractivity contribution in [3.05, 3.63) is 65.0 Å². The number of hydrogen-bond acceptors (Lipinski definition) is 2. The molecule has 1 N–H and O–H groups in total. The fraction of sp³-hybridized carbons (Fsp3) is 0.333. The van der Waals surface area contributed by atoms with E-state index in [1.54, 1.807) is 31.2 Å². The highest BCUT2D eigenvalue weighted by Gasteiger charge is 2.44. The molecule has 0 aromatic heterocycles. The van der Waals surface area contributed by atoms with Crippen molar-refractivity contribution in [2.75, 3.05) is 6.54 Å². The summed E-state index contributed by atoms with van der Waals surface area (Å²) in [4.78, 5) is 0.318. The molecule has 0 bridgehead atoms. The van der Waals surface area contributed by atoms with Crippen molar-refractivity contribution in [3.8, 4) is 0 Å². The summed E-state index contributed by atoms with van der Waals surface area (Å²) in [6.07, 6.45) is 1.82. The highest BCUT2D eigenvalue weighted by molar-refractivity contribution is 7.89. The molecular formula is C18H20FNO2S. The predicted molar refractivity (Wildman–Crippen MR) is 88.4 cm³/mol. The number of benzene rings is 2. The van der Waals surface area contributed by atoms with E-state index in [4.69, 9.17) is 0 Å². The van der Waals surface area contributed by atoms with Crippen LogP contribution in [0.4, 0.5) is 4.39 Å². The van der Waals surface area contributed by atoms with E-state index in [1.807, 2.05) is 13.0 Å². The van der Waals surface area contributed by atoms with Crippen molar-refractivity contribution in [3.63, 3.8) is 0 Å². The number of hydrogen-bond donors (Lipinski definition) is 1. The zero-order valence-corrected chi connectivity index (χ0v) is 14.1. The number of halogens is 1. The minimum atomic E-state index is -3.54. The second-order valence-corrected chi connectivity index (χ2v) is 8.12. The molecule has 1 aliphatic carbocycles. The standard InChI is InChI=1S/C18H20FNO2S/c1-13-3-8-17(14(2)11-13)23(21,22)20-12-18(9-10-18)15-4-6-16(19)7-5-15/h3-8,11,20H,9-10,12H2,1-2H3. The fourth-order valence-corrected chi connectivity index (χ4v) is 4.29. The maximum absolute atomic E-state index is 13.1. The Hall–Kier alpha value is -1.72. The van der Waals surface area contributed by atoms with Gasteiger partial charge in [-0.3, -0.25) is 0 Å². The first-order chi connectivity index (χ1) is 10.8. The van der Waals surface area contributed by atoms with Crippen molar-refractivity contribution in [2.45, 2.75) is 37.0 Å². The quantitative estimate of drug-likeness (QED) is 0.911. The van der Waals surface area contributed by atoms with Gasteiger partial charge >= 0.3 is 0 Å². The van der Waals surface area contributed by atoms with E-state index >= 15 is 0 Å². The average Bonchev–Trinajstić information content (AvgIpc) is 3.27. The lowest BCUT2D eigenvalue weighted by molar-refractivity contribution is 0.565. The third kappa shape index (κ3) is 3.31. The minimum Gasteiger partial charge on any atom is -0.210 e. The van der Waals surface area contributed by atoms with Crippen LogP contribution in [-0.2, 0) is 15.4 Å². The van der Waals surface area contributed by atoms with Gasteiger partial charge in [0.05, 0.1) is 4.90 Å². The first-order valence-corrected chi connectivity index (χ1v) is 9.14. The summed E-state index contributed by atoms with van der Waals surface area (Å²) >= 11 is 0. The molecule has 0 aliphatic heterocycles. The van der Waals surface area contributed by atoms with Gasteiger partial charge in [-0.15, -0.1) is 0 Å². The van der Waals surface area contributed by atoms with Crippen molar-refractivity contribution in [1.29, 1.82) is 0 Å². The van der Waals surface area contributed by atoms with Gasteiger partial charge in [0.15, 0.2) is 0 Å². The van der Waals surface area contributed by atoms with Gasteiger partial charge in [-0.05, 0) is 56.0 Å².